The van der Waals surface area contributed by atoms with Crippen LogP contribution in [0.1, 0.15) is 11.4 Å². The van der Waals surface area contributed by atoms with E-state index < -0.39 is 0 Å². The Balaban J connectivity index is 2.93. The second-order valence-corrected chi connectivity index (χ2v) is 3.12. The van der Waals surface area contributed by atoms with Gasteiger partial charge in [0.25, 0.3) is 0 Å². The Labute approximate surface area is 75.0 Å². The fraction of sp³-hybridized carbons (Fsp3) is 0.250. The number of hydrogen-bond acceptors (Lipinski definition) is 2. The molecule has 0 saturated heterocycles. The maximum absolute atomic E-state index is 5.94. The van der Waals surface area contributed by atoms with Crippen LogP contribution in [0.2, 0.25) is 5.15 Å². The maximum Gasteiger partial charge on any atom is 0.155 e. The number of rotatable bonds is 0. The number of imidazole rings is 1. The molecule has 2 aromatic heterocycles. The largest absolute Gasteiger partial charge is 0.302 e. The van der Waals surface area contributed by atoms with Crippen LogP contribution in [-0.2, 0) is 0 Å². The van der Waals surface area contributed by atoms with E-state index in [1.54, 1.807) is 6.33 Å². The van der Waals surface area contributed by atoms with Gasteiger partial charge in [0.15, 0.2) is 5.15 Å². The van der Waals surface area contributed by atoms with Gasteiger partial charge in [-0.2, -0.15) is 0 Å². The molecule has 4 heteroatoms. The van der Waals surface area contributed by atoms with Gasteiger partial charge in [-0.15, -0.1) is 0 Å². The average Bonchev–Trinajstić information content (AvgIpc) is 2.31. The van der Waals surface area contributed by atoms with Crippen LogP contribution in [0.3, 0.4) is 0 Å². The van der Waals surface area contributed by atoms with Crippen LogP contribution < -0.4 is 0 Å². The smallest absolute Gasteiger partial charge is 0.155 e. The first-order valence-corrected chi connectivity index (χ1v) is 4.02. The van der Waals surface area contributed by atoms with Crippen LogP contribution in [0, 0.1) is 13.8 Å². The third-order valence-corrected chi connectivity index (χ3v) is 2.04. The number of aromatic nitrogens is 3. The first kappa shape index (κ1) is 7.55. The van der Waals surface area contributed by atoms with E-state index in [1.807, 2.05) is 24.4 Å². The standard InChI is InChI=1S/C8H8ClN3/c1-5-3-12-4-10-6(2)7(12)8(9)11-5/h3-4H,1-2H3. The minimum Gasteiger partial charge on any atom is -0.302 e. The van der Waals surface area contributed by atoms with Crippen molar-refractivity contribution in [3.63, 3.8) is 0 Å². The van der Waals surface area contributed by atoms with Crippen LogP contribution in [0.25, 0.3) is 5.52 Å². The van der Waals surface area contributed by atoms with Crippen molar-refractivity contribution in [2.45, 2.75) is 13.8 Å². The normalized spacial score (nSPS) is 10.9. The molecule has 0 fully saturated rings. The molecule has 0 radical (unpaired) electrons. The van der Waals surface area contributed by atoms with E-state index in [0.717, 1.165) is 16.9 Å². The molecular formula is C8H8ClN3. The molecule has 0 aliphatic rings. The van der Waals surface area contributed by atoms with Gasteiger partial charge in [0, 0.05) is 6.20 Å². The molecular weight excluding hydrogens is 174 g/mol. The lowest BCUT2D eigenvalue weighted by Gasteiger charge is -1.98. The second kappa shape index (κ2) is 2.45. The van der Waals surface area contributed by atoms with Crippen molar-refractivity contribution in [1.29, 1.82) is 0 Å². The third-order valence-electron chi connectivity index (χ3n) is 1.77. The lowest BCUT2D eigenvalue weighted by molar-refractivity contribution is 1.07. The highest BCUT2D eigenvalue weighted by Crippen LogP contribution is 2.17. The molecule has 0 N–H and O–H groups in total. The molecule has 0 bridgehead atoms. The summed E-state index contributed by atoms with van der Waals surface area (Å²) < 4.78 is 1.89. The lowest BCUT2D eigenvalue weighted by atomic mass is 10.4. The van der Waals surface area contributed by atoms with Gasteiger partial charge in [0.05, 0.1) is 17.7 Å². The molecule has 62 valence electrons. The summed E-state index contributed by atoms with van der Waals surface area (Å²) in [5.74, 6) is 0. The zero-order chi connectivity index (χ0) is 8.72. The summed E-state index contributed by atoms with van der Waals surface area (Å²) in [5, 5.41) is 0.519. The Kier molecular flexibility index (Phi) is 1.54. The van der Waals surface area contributed by atoms with Crippen molar-refractivity contribution >= 4 is 17.1 Å². The van der Waals surface area contributed by atoms with Gasteiger partial charge in [-0.1, -0.05) is 11.6 Å². The highest BCUT2D eigenvalue weighted by molar-refractivity contribution is 6.32. The Morgan fingerprint density at radius 3 is 2.92 bits per heavy atom. The Morgan fingerprint density at radius 2 is 2.17 bits per heavy atom. The maximum atomic E-state index is 5.94. The molecule has 0 aromatic carbocycles. The first-order chi connectivity index (χ1) is 5.68. The van der Waals surface area contributed by atoms with E-state index in [4.69, 9.17) is 11.6 Å². The van der Waals surface area contributed by atoms with Gasteiger partial charge >= 0.3 is 0 Å². The number of fused-ring (bicyclic) bond motifs is 1. The summed E-state index contributed by atoms with van der Waals surface area (Å²) >= 11 is 5.94. The van der Waals surface area contributed by atoms with Gasteiger partial charge < -0.3 is 4.40 Å². The highest BCUT2D eigenvalue weighted by Gasteiger charge is 2.05. The fourth-order valence-corrected chi connectivity index (χ4v) is 1.61. The first-order valence-electron chi connectivity index (χ1n) is 3.65. The average molecular weight is 182 g/mol. The quantitative estimate of drug-likeness (QED) is 0.622. The zero-order valence-electron chi connectivity index (χ0n) is 6.87. The van der Waals surface area contributed by atoms with E-state index in [2.05, 4.69) is 9.97 Å². The molecule has 0 amide bonds. The zero-order valence-corrected chi connectivity index (χ0v) is 7.63. The molecule has 0 aliphatic carbocycles. The van der Waals surface area contributed by atoms with Crippen molar-refractivity contribution in [3.8, 4) is 0 Å². The highest BCUT2D eigenvalue weighted by atomic mass is 35.5. The van der Waals surface area contributed by atoms with Gasteiger partial charge in [0.1, 0.15) is 5.52 Å². The predicted molar refractivity (Wildman–Crippen MR) is 47.5 cm³/mol. The summed E-state index contributed by atoms with van der Waals surface area (Å²) in [6, 6.07) is 0. The SMILES string of the molecule is Cc1cn2cnc(C)c2c(Cl)n1. The molecule has 2 rings (SSSR count). The van der Waals surface area contributed by atoms with Crippen molar-refractivity contribution in [2.75, 3.05) is 0 Å². The fourth-order valence-electron chi connectivity index (χ4n) is 1.25. The molecule has 0 aliphatic heterocycles. The van der Waals surface area contributed by atoms with E-state index in [9.17, 15) is 0 Å². The summed E-state index contributed by atoms with van der Waals surface area (Å²) in [7, 11) is 0. The molecule has 3 nitrogen and oxygen atoms in total. The summed E-state index contributed by atoms with van der Waals surface area (Å²) in [6.45, 7) is 3.82. The number of nitrogens with zero attached hydrogens (tertiary/aromatic N) is 3. The number of halogens is 1. The van der Waals surface area contributed by atoms with Crippen LogP contribution >= 0.6 is 11.6 Å². The van der Waals surface area contributed by atoms with E-state index >= 15 is 0 Å². The van der Waals surface area contributed by atoms with Gasteiger partial charge in [-0.05, 0) is 13.8 Å². The van der Waals surface area contributed by atoms with Gasteiger partial charge in [0.2, 0.25) is 0 Å². The summed E-state index contributed by atoms with van der Waals surface area (Å²) in [4.78, 5) is 8.28. The molecule has 0 saturated carbocycles. The van der Waals surface area contributed by atoms with Crippen molar-refractivity contribution < 1.29 is 0 Å². The third kappa shape index (κ3) is 0.975. The van der Waals surface area contributed by atoms with Gasteiger partial charge in [-0.3, -0.25) is 0 Å². The molecule has 12 heavy (non-hydrogen) atoms. The predicted octanol–water partition coefficient (Wildman–Crippen LogP) is 2.00. The van der Waals surface area contributed by atoms with Crippen LogP contribution in [-0.4, -0.2) is 14.4 Å². The minimum absolute atomic E-state index is 0.519. The second-order valence-electron chi connectivity index (χ2n) is 2.76. The molecule has 0 atom stereocenters. The van der Waals surface area contributed by atoms with E-state index in [0.29, 0.717) is 5.15 Å². The topological polar surface area (TPSA) is 30.2 Å². The monoisotopic (exact) mass is 181 g/mol. The van der Waals surface area contributed by atoms with Crippen molar-refractivity contribution in [1.82, 2.24) is 14.4 Å². The number of aryl methyl sites for hydroxylation is 2. The number of hydrogen-bond donors (Lipinski definition) is 0. The lowest BCUT2D eigenvalue weighted by Crippen LogP contribution is -1.90. The summed E-state index contributed by atoms with van der Waals surface area (Å²) in [6.07, 6.45) is 3.65. The Hall–Kier alpha value is -1.09. The summed E-state index contributed by atoms with van der Waals surface area (Å²) in [5.41, 5.74) is 2.69. The van der Waals surface area contributed by atoms with Crippen LogP contribution in [0.15, 0.2) is 12.5 Å². The molecule has 0 spiro atoms. The van der Waals surface area contributed by atoms with Crippen molar-refractivity contribution in [2.24, 2.45) is 0 Å². The van der Waals surface area contributed by atoms with Crippen molar-refractivity contribution in [3.05, 3.63) is 29.1 Å². The van der Waals surface area contributed by atoms with Gasteiger partial charge in [-0.25, -0.2) is 9.97 Å². The van der Waals surface area contributed by atoms with E-state index in [-0.39, 0.29) is 0 Å². The Morgan fingerprint density at radius 1 is 1.42 bits per heavy atom. The van der Waals surface area contributed by atoms with E-state index in [1.165, 1.54) is 0 Å². The molecule has 2 aromatic rings. The molecule has 2 heterocycles. The minimum atomic E-state index is 0.519. The van der Waals surface area contributed by atoms with Crippen LogP contribution in [0.4, 0.5) is 0 Å². The molecule has 0 unspecified atom stereocenters. The Bertz CT molecular complexity index is 433. The van der Waals surface area contributed by atoms with Crippen LogP contribution in [0.5, 0.6) is 0 Å².